The molecule has 0 aliphatic heterocycles. The van der Waals surface area contributed by atoms with Crippen molar-refractivity contribution in [2.75, 3.05) is 6.61 Å². The largest absolute Gasteiger partial charge is 0.491 e. The first-order chi connectivity index (χ1) is 9.56. The van der Waals surface area contributed by atoms with E-state index in [1.807, 2.05) is 6.92 Å². The van der Waals surface area contributed by atoms with Crippen molar-refractivity contribution in [3.05, 3.63) is 26.6 Å². The monoisotopic (exact) mass is 403 g/mol. The lowest BCUT2D eigenvalue weighted by Gasteiger charge is -2.22. The highest BCUT2D eigenvalue weighted by Crippen LogP contribution is 2.36. The molecule has 1 aromatic rings. The van der Waals surface area contributed by atoms with Crippen LogP contribution >= 0.6 is 31.9 Å². The molecule has 1 fully saturated rings. The van der Waals surface area contributed by atoms with E-state index in [0.717, 1.165) is 27.7 Å². The third-order valence-corrected chi connectivity index (χ3v) is 4.98. The summed E-state index contributed by atoms with van der Waals surface area (Å²) in [6.07, 6.45) is 7.57. The van der Waals surface area contributed by atoms with Crippen molar-refractivity contribution in [2.45, 2.75) is 51.5 Å². The van der Waals surface area contributed by atoms with Gasteiger partial charge in [0.25, 0.3) is 0 Å². The van der Waals surface area contributed by atoms with Crippen LogP contribution in [-0.4, -0.2) is 12.6 Å². The molecule has 0 radical (unpaired) electrons. The van der Waals surface area contributed by atoms with E-state index in [9.17, 15) is 0 Å². The van der Waals surface area contributed by atoms with Crippen LogP contribution in [0.15, 0.2) is 21.1 Å². The Labute approximate surface area is 138 Å². The first-order valence-corrected chi connectivity index (χ1v) is 9.01. The molecule has 1 atom stereocenters. The fourth-order valence-electron chi connectivity index (χ4n) is 2.79. The molecule has 4 heteroatoms. The number of halogens is 2. The summed E-state index contributed by atoms with van der Waals surface area (Å²) in [6.45, 7) is 2.85. The third kappa shape index (κ3) is 4.74. The van der Waals surface area contributed by atoms with Gasteiger partial charge in [0.1, 0.15) is 5.75 Å². The van der Waals surface area contributed by atoms with Gasteiger partial charge in [-0.3, -0.25) is 0 Å². The second-order valence-electron chi connectivity index (χ2n) is 5.89. The van der Waals surface area contributed by atoms with Crippen molar-refractivity contribution in [3.8, 4) is 5.75 Å². The highest BCUT2D eigenvalue weighted by Gasteiger charge is 2.16. The number of nitrogens with two attached hydrogens (primary N) is 1. The summed E-state index contributed by atoms with van der Waals surface area (Å²) in [5, 5.41) is 0. The van der Waals surface area contributed by atoms with Gasteiger partial charge in [-0.2, -0.15) is 0 Å². The molecule has 0 heterocycles. The third-order valence-electron chi connectivity index (χ3n) is 3.80. The van der Waals surface area contributed by atoms with E-state index in [1.54, 1.807) is 0 Å². The number of ether oxygens (including phenoxy) is 1. The van der Waals surface area contributed by atoms with Crippen LogP contribution in [0.1, 0.15) is 44.6 Å². The predicted molar refractivity (Wildman–Crippen MR) is 91.3 cm³/mol. The molecule has 2 N–H and O–H groups in total. The topological polar surface area (TPSA) is 35.2 Å². The molecule has 2 rings (SSSR count). The smallest absolute Gasteiger partial charge is 0.147 e. The van der Waals surface area contributed by atoms with Gasteiger partial charge in [-0.25, -0.2) is 0 Å². The summed E-state index contributed by atoms with van der Waals surface area (Å²) < 4.78 is 8.07. The molecule has 1 aliphatic rings. The predicted octanol–water partition coefficient (Wildman–Crippen LogP) is 5.06. The Morgan fingerprint density at radius 2 is 1.80 bits per heavy atom. The highest BCUT2D eigenvalue weighted by atomic mass is 79.9. The van der Waals surface area contributed by atoms with Gasteiger partial charge in [0.05, 0.1) is 15.6 Å². The number of benzene rings is 1. The molecular formula is C16H23Br2NO. The molecule has 1 aromatic carbocycles. The van der Waals surface area contributed by atoms with Gasteiger partial charge in [0, 0.05) is 6.04 Å². The van der Waals surface area contributed by atoms with Crippen LogP contribution in [0.5, 0.6) is 5.75 Å². The maximum Gasteiger partial charge on any atom is 0.147 e. The van der Waals surface area contributed by atoms with E-state index in [1.165, 1.54) is 37.7 Å². The van der Waals surface area contributed by atoms with Gasteiger partial charge in [-0.15, -0.1) is 0 Å². The van der Waals surface area contributed by atoms with Crippen molar-refractivity contribution >= 4 is 31.9 Å². The Hall–Kier alpha value is -0.0600. The number of rotatable bonds is 5. The Balaban J connectivity index is 2.00. The highest BCUT2D eigenvalue weighted by molar-refractivity contribution is 9.11. The van der Waals surface area contributed by atoms with Crippen molar-refractivity contribution < 1.29 is 4.74 Å². The van der Waals surface area contributed by atoms with Crippen LogP contribution in [0.2, 0.25) is 0 Å². The van der Waals surface area contributed by atoms with Crippen molar-refractivity contribution in [2.24, 2.45) is 11.7 Å². The summed E-state index contributed by atoms with van der Waals surface area (Å²) in [6, 6.07) is 4.40. The molecule has 1 unspecified atom stereocenters. The fraction of sp³-hybridized carbons (Fsp3) is 0.625. The van der Waals surface area contributed by atoms with Crippen LogP contribution in [0.3, 0.4) is 0 Å². The summed E-state index contributed by atoms with van der Waals surface area (Å²) in [7, 11) is 0. The maximum atomic E-state index is 6.04. The molecular weight excluding hydrogens is 382 g/mol. The van der Waals surface area contributed by atoms with Gasteiger partial charge < -0.3 is 10.5 Å². The van der Waals surface area contributed by atoms with Crippen molar-refractivity contribution in [1.29, 1.82) is 0 Å². The average Bonchev–Trinajstić information content (AvgIpc) is 2.38. The standard InChI is InChI=1S/C16H23Br2NO/c1-11(19)7-13-8-14(17)16(15(18)9-13)20-10-12-5-3-2-4-6-12/h8-9,11-12H,2-7,10,19H2,1H3. The summed E-state index contributed by atoms with van der Waals surface area (Å²) in [5.41, 5.74) is 7.08. The Morgan fingerprint density at radius 1 is 1.20 bits per heavy atom. The van der Waals surface area contributed by atoms with Crippen LogP contribution < -0.4 is 10.5 Å². The van der Waals surface area contributed by atoms with Gasteiger partial charge in [-0.1, -0.05) is 19.3 Å². The first kappa shape index (κ1) is 16.3. The second-order valence-corrected chi connectivity index (χ2v) is 7.59. The second kappa shape index (κ2) is 7.81. The zero-order valence-corrected chi connectivity index (χ0v) is 15.2. The summed E-state index contributed by atoms with van der Waals surface area (Å²) in [5.74, 6) is 1.63. The Kier molecular flexibility index (Phi) is 6.37. The van der Waals surface area contributed by atoms with E-state index < -0.39 is 0 Å². The zero-order valence-electron chi connectivity index (χ0n) is 12.0. The molecule has 112 valence electrons. The molecule has 0 saturated heterocycles. The zero-order chi connectivity index (χ0) is 14.5. The van der Waals surface area contributed by atoms with E-state index in [4.69, 9.17) is 10.5 Å². The van der Waals surface area contributed by atoms with Gasteiger partial charge >= 0.3 is 0 Å². The molecule has 1 aliphatic carbocycles. The normalized spacial score (nSPS) is 18.0. The molecule has 20 heavy (non-hydrogen) atoms. The summed E-state index contributed by atoms with van der Waals surface area (Å²) >= 11 is 7.23. The lowest BCUT2D eigenvalue weighted by Crippen LogP contribution is -2.18. The summed E-state index contributed by atoms with van der Waals surface area (Å²) in [4.78, 5) is 0. The maximum absolute atomic E-state index is 6.04. The van der Waals surface area contributed by atoms with Gasteiger partial charge in [0.15, 0.2) is 0 Å². The molecule has 2 nitrogen and oxygen atoms in total. The molecule has 0 bridgehead atoms. The van der Waals surface area contributed by atoms with Crippen LogP contribution in [0.25, 0.3) is 0 Å². The Morgan fingerprint density at radius 3 is 2.35 bits per heavy atom. The SMILES string of the molecule is CC(N)Cc1cc(Br)c(OCC2CCCCC2)c(Br)c1. The minimum Gasteiger partial charge on any atom is -0.491 e. The van der Waals surface area contributed by atoms with Crippen LogP contribution in [0, 0.1) is 5.92 Å². The van der Waals surface area contributed by atoms with Crippen molar-refractivity contribution in [1.82, 2.24) is 0 Å². The number of hydrogen-bond donors (Lipinski definition) is 1. The van der Waals surface area contributed by atoms with E-state index >= 15 is 0 Å². The molecule has 0 spiro atoms. The molecule has 1 saturated carbocycles. The Bertz CT molecular complexity index is 419. The molecule has 0 amide bonds. The van der Waals surface area contributed by atoms with E-state index in [2.05, 4.69) is 44.0 Å². The lowest BCUT2D eigenvalue weighted by atomic mass is 9.90. The van der Waals surface area contributed by atoms with E-state index in [-0.39, 0.29) is 6.04 Å². The quantitative estimate of drug-likeness (QED) is 0.744. The van der Waals surface area contributed by atoms with Crippen LogP contribution in [0.4, 0.5) is 0 Å². The minimum atomic E-state index is 0.169. The van der Waals surface area contributed by atoms with E-state index in [0.29, 0.717) is 5.92 Å². The first-order valence-electron chi connectivity index (χ1n) is 7.42. The lowest BCUT2D eigenvalue weighted by molar-refractivity contribution is 0.207. The fourth-order valence-corrected chi connectivity index (χ4v) is 4.31. The van der Waals surface area contributed by atoms with Gasteiger partial charge in [-0.05, 0) is 81.7 Å². The minimum absolute atomic E-state index is 0.169. The van der Waals surface area contributed by atoms with Crippen molar-refractivity contribution in [3.63, 3.8) is 0 Å². The van der Waals surface area contributed by atoms with Crippen LogP contribution in [-0.2, 0) is 6.42 Å². The van der Waals surface area contributed by atoms with Gasteiger partial charge in [0.2, 0.25) is 0 Å². The number of hydrogen-bond acceptors (Lipinski definition) is 2. The average molecular weight is 405 g/mol. The molecule has 0 aromatic heterocycles.